The Kier molecular flexibility index (Phi) is 9.42. The lowest BCUT2D eigenvalue weighted by Gasteiger charge is -2.25. The number of benzene rings is 7. The molecule has 11 aromatic rings. The van der Waals surface area contributed by atoms with Crippen molar-refractivity contribution < 1.29 is 13.7 Å². The van der Waals surface area contributed by atoms with Crippen LogP contribution in [0.1, 0.15) is 79.0 Å². The van der Waals surface area contributed by atoms with Gasteiger partial charge in [0, 0.05) is 39.9 Å². The first-order chi connectivity index (χ1) is 31.6. The molecule has 326 valence electrons. The molecule has 0 radical (unpaired) electrons. The van der Waals surface area contributed by atoms with Gasteiger partial charge in [-0.1, -0.05) is 123 Å². The van der Waals surface area contributed by atoms with Crippen molar-refractivity contribution in [1.82, 2.24) is 14.1 Å². The lowest BCUT2D eigenvalue weighted by molar-refractivity contribution is -0.567. The van der Waals surface area contributed by atoms with E-state index in [-0.39, 0.29) is 16.2 Å². The zero-order chi connectivity index (χ0) is 45.7. The first-order valence-corrected chi connectivity index (χ1v) is 23.0. The summed E-state index contributed by atoms with van der Waals surface area (Å²) in [6.07, 6.45) is 4.14. The van der Waals surface area contributed by atoms with Crippen molar-refractivity contribution in [3.05, 3.63) is 187 Å². The number of imidazole rings is 1. The molecule has 6 heteroatoms. The van der Waals surface area contributed by atoms with Crippen molar-refractivity contribution in [1.29, 1.82) is 0 Å². The molecule has 0 aliphatic carbocycles. The molecule has 6 nitrogen and oxygen atoms in total. The second kappa shape index (κ2) is 15.1. The van der Waals surface area contributed by atoms with Gasteiger partial charge in [-0.15, -0.1) is 0 Å². The van der Waals surface area contributed by atoms with Gasteiger partial charge >= 0.3 is 0 Å². The van der Waals surface area contributed by atoms with Gasteiger partial charge in [0.25, 0.3) is 6.33 Å². The summed E-state index contributed by atoms with van der Waals surface area (Å²) in [5.74, 6) is 2.36. The van der Waals surface area contributed by atoms with E-state index < -0.39 is 0 Å². The summed E-state index contributed by atoms with van der Waals surface area (Å²) in [4.78, 5) is 4.99. The number of rotatable bonds is 6. The minimum Gasteiger partial charge on any atom is -0.457 e. The van der Waals surface area contributed by atoms with Gasteiger partial charge in [0.05, 0.1) is 11.0 Å². The van der Waals surface area contributed by atoms with E-state index in [4.69, 9.17) is 14.1 Å². The number of hydrogen-bond donors (Lipinski definition) is 0. The summed E-state index contributed by atoms with van der Waals surface area (Å²) in [5, 5.41) is 4.50. The van der Waals surface area contributed by atoms with Gasteiger partial charge in [-0.2, -0.15) is 9.13 Å². The van der Waals surface area contributed by atoms with Gasteiger partial charge in [-0.3, -0.25) is 4.57 Å². The molecule has 0 amide bonds. The molecule has 0 saturated carbocycles. The Morgan fingerprint density at radius 3 is 2.02 bits per heavy atom. The first-order valence-electron chi connectivity index (χ1n) is 23.0. The van der Waals surface area contributed by atoms with E-state index >= 15 is 0 Å². The quantitative estimate of drug-likeness (QED) is 0.157. The molecule has 7 aromatic carbocycles. The monoisotopic (exact) mass is 863 g/mol. The molecule has 11 rings (SSSR count). The fourth-order valence-corrected chi connectivity index (χ4v) is 9.47. The van der Waals surface area contributed by atoms with Crippen molar-refractivity contribution in [2.45, 2.75) is 78.6 Å². The molecule has 66 heavy (non-hydrogen) atoms. The number of furan rings is 1. The molecular weight excluding hydrogens is 809 g/mol. The van der Waals surface area contributed by atoms with Crippen LogP contribution in [0.5, 0.6) is 11.5 Å². The van der Waals surface area contributed by atoms with Crippen LogP contribution in [0.25, 0.3) is 83.1 Å². The molecule has 0 aliphatic heterocycles. The standard InChI is InChI=1S/C60H55N4O2/c1-58(2,3)39-28-29-61-56(34-39)64-50-27-24-38(46-19-15-23-55-57(46)48-18-10-13-22-54(48)66-55)30-49(50)47-26-25-45(36-53(47)64)65-44-17-14-16-42(35-44)62-37-63(52-21-12-11-20-51(52)62)43-32-40(59(4,5)6)31-41(33-43)60(7,8)9/h10-37H,1-9H3/q+1. The molecule has 0 saturated heterocycles. The molecule has 0 atom stereocenters. The van der Waals surface area contributed by atoms with Crippen LogP contribution in [-0.2, 0) is 16.2 Å². The van der Waals surface area contributed by atoms with Crippen molar-refractivity contribution in [2.24, 2.45) is 0 Å². The van der Waals surface area contributed by atoms with Crippen LogP contribution in [0.4, 0.5) is 0 Å². The molecule has 4 heterocycles. The predicted molar refractivity (Wildman–Crippen MR) is 272 cm³/mol. The summed E-state index contributed by atoms with van der Waals surface area (Å²) in [5.41, 5.74) is 14.4. The third-order valence-corrected chi connectivity index (χ3v) is 13.2. The predicted octanol–water partition coefficient (Wildman–Crippen LogP) is 15.7. The van der Waals surface area contributed by atoms with Crippen LogP contribution < -0.4 is 9.30 Å². The highest BCUT2D eigenvalue weighted by atomic mass is 16.5. The molecule has 0 spiro atoms. The smallest absolute Gasteiger partial charge is 0.255 e. The van der Waals surface area contributed by atoms with Crippen LogP contribution in [0.15, 0.2) is 175 Å². The number of pyridine rings is 1. The zero-order valence-corrected chi connectivity index (χ0v) is 39.3. The van der Waals surface area contributed by atoms with Gasteiger partial charge in [-0.25, -0.2) is 4.98 Å². The summed E-state index contributed by atoms with van der Waals surface area (Å²) < 4.78 is 20.0. The normalized spacial score (nSPS) is 12.6. The third kappa shape index (κ3) is 7.12. The number of hydrogen-bond acceptors (Lipinski definition) is 3. The van der Waals surface area contributed by atoms with E-state index in [0.717, 1.165) is 94.6 Å². The van der Waals surface area contributed by atoms with Gasteiger partial charge in [-0.05, 0) is 129 Å². The highest BCUT2D eigenvalue weighted by Crippen LogP contribution is 2.41. The average molecular weight is 864 g/mol. The minimum atomic E-state index is -0.0505. The lowest BCUT2D eigenvalue weighted by atomic mass is 9.80. The fraction of sp³-hybridized carbons (Fsp3) is 0.200. The highest BCUT2D eigenvalue weighted by molar-refractivity contribution is 6.15. The summed E-state index contributed by atoms with van der Waals surface area (Å²) in [6.45, 7) is 20.5. The molecule has 0 unspecified atom stereocenters. The number of aromatic nitrogens is 4. The van der Waals surface area contributed by atoms with Gasteiger partial charge in [0.2, 0.25) is 0 Å². The Labute approximate surface area is 386 Å². The Hall–Kier alpha value is -7.44. The Morgan fingerprint density at radius 1 is 0.515 bits per heavy atom. The van der Waals surface area contributed by atoms with Crippen LogP contribution in [0, 0.1) is 0 Å². The van der Waals surface area contributed by atoms with Crippen molar-refractivity contribution in [2.75, 3.05) is 0 Å². The van der Waals surface area contributed by atoms with E-state index in [1.54, 1.807) is 0 Å². The van der Waals surface area contributed by atoms with Gasteiger partial charge in [0.15, 0.2) is 11.0 Å². The maximum atomic E-state index is 6.83. The molecule has 0 N–H and O–H groups in total. The molecular formula is C60H55N4O2+. The average Bonchev–Trinajstić information content (AvgIpc) is 3.98. The molecule has 0 aliphatic rings. The molecule has 0 bridgehead atoms. The van der Waals surface area contributed by atoms with E-state index in [1.807, 2.05) is 24.4 Å². The van der Waals surface area contributed by atoms with Crippen LogP contribution in [0.3, 0.4) is 0 Å². The minimum absolute atomic E-state index is 0.000568. The topological polar surface area (TPSA) is 49.0 Å². The molecule has 4 aromatic heterocycles. The Bertz CT molecular complexity index is 3660. The number of fused-ring (bicyclic) bond motifs is 7. The Morgan fingerprint density at radius 2 is 1.23 bits per heavy atom. The zero-order valence-electron chi connectivity index (χ0n) is 39.3. The first kappa shape index (κ1) is 41.3. The van der Waals surface area contributed by atoms with Crippen LogP contribution >= 0.6 is 0 Å². The van der Waals surface area contributed by atoms with E-state index in [1.165, 1.54) is 16.7 Å². The second-order valence-corrected chi connectivity index (χ2v) is 20.9. The third-order valence-electron chi connectivity index (χ3n) is 13.2. The number of nitrogens with zero attached hydrogens (tertiary/aromatic N) is 4. The summed E-state index contributed by atoms with van der Waals surface area (Å²) in [7, 11) is 0. The maximum absolute atomic E-state index is 6.83. The largest absolute Gasteiger partial charge is 0.457 e. The van der Waals surface area contributed by atoms with Crippen molar-refractivity contribution >= 4 is 54.8 Å². The van der Waals surface area contributed by atoms with Crippen LogP contribution in [0.2, 0.25) is 0 Å². The summed E-state index contributed by atoms with van der Waals surface area (Å²) >= 11 is 0. The van der Waals surface area contributed by atoms with E-state index in [2.05, 4.69) is 222 Å². The second-order valence-electron chi connectivity index (χ2n) is 20.9. The van der Waals surface area contributed by atoms with Crippen molar-refractivity contribution in [3.63, 3.8) is 0 Å². The van der Waals surface area contributed by atoms with Crippen LogP contribution in [-0.4, -0.2) is 14.1 Å². The van der Waals surface area contributed by atoms with E-state index in [9.17, 15) is 0 Å². The Balaban J connectivity index is 1.02. The van der Waals surface area contributed by atoms with Gasteiger partial charge in [0.1, 0.15) is 39.9 Å². The number of para-hydroxylation sites is 3. The maximum Gasteiger partial charge on any atom is 0.255 e. The van der Waals surface area contributed by atoms with Gasteiger partial charge < -0.3 is 9.15 Å². The number of ether oxygens (including phenoxy) is 1. The lowest BCUT2D eigenvalue weighted by Crippen LogP contribution is -2.31. The highest BCUT2D eigenvalue weighted by Gasteiger charge is 2.26. The fourth-order valence-electron chi connectivity index (χ4n) is 9.47. The molecule has 0 fully saturated rings. The van der Waals surface area contributed by atoms with Crippen molar-refractivity contribution in [3.8, 4) is 39.8 Å². The summed E-state index contributed by atoms with van der Waals surface area (Å²) in [6, 6.07) is 56.3. The SMILES string of the molecule is CC(C)(C)c1cc(-[n+]2cn(-c3cccc(Oc4ccc5c6cc(-c7cccc8oc9ccccc9c78)ccc6n(-c6cc(C(C)(C)C)ccn6)c5c4)c3)c3ccccc32)cc(C(C)(C)C)c1. The van der Waals surface area contributed by atoms with E-state index in [0.29, 0.717) is 0 Å².